The molecule has 0 aliphatic heterocycles. The Labute approximate surface area is 140 Å². The summed E-state index contributed by atoms with van der Waals surface area (Å²) in [6.07, 6.45) is 3.96. The molecule has 0 bridgehead atoms. The van der Waals surface area contributed by atoms with E-state index in [1.165, 1.54) is 9.88 Å². The van der Waals surface area contributed by atoms with Gasteiger partial charge in [0.2, 0.25) is 0 Å². The third-order valence-corrected chi connectivity index (χ3v) is 5.23. The van der Waals surface area contributed by atoms with Gasteiger partial charge >= 0.3 is 0 Å². The largest absolute Gasteiger partial charge is 0.356 e. The van der Waals surface area contributed by atoms with Crippen molar-refractivity contribution in [2.75, 3.05) is 20.6 Å². The zero-order valence-electron chi connectivity index (χ0n) is 13.6. The lowest BCUT2D eigenvalue weighted by atomic mass is 10.4. The van der Waals surface area contributed by atoms with E-state index in [9.17, 15) is 0 Å². The highest BCUT2D eigenvalue weighted by Crippen LogP contribution is 2.13. The second-order valence-electron chi connectivity index (χ2n) is 5.01. The molecule has 0 aliphatic carbocycles. The summed E-state index contributed by atoms with van der Waals surface area (Å²) >= 11 is 3.47. The summed E-state index contributed by atoms with van der Waals surface area (Å²) in [6, 6.07) is 0. The van der Waals surface area contributed by atoms with Crippen molar-refractivity contribution in [1.82, 2.24) is 20.2 Å². The molecule has 0 amide bonds. The molecule has 0 atom stereocenters. The Morgan fingerprint density at radius 1 is 1.45 bits per heavy atom. The monoisotopic (exact) mass is 337 g/mol. The summed E-state index contributed by atoms with van der Waals surface area (Å²) in [4.78, 5) is 16.7. The minimum Gasteiger partial charge on any atom is -0.356 e. The van der Waals surface area contributed by atoms with Gasteiger partial charge < -0.3 is 10.2 Å². The maximum Gasteiger partial charge on any atom is 0.193 e. The third-order valence-electron chi connectivity index (χ3n) is 3.21. The number of nitrogens with one attached hydrogen (secondary N) is 1. The van der Waals surface area contributed by atoms with Crippen molar-refractivity contribution >= 4 is 28.6 Å². The average molecular weight is 338 g/mol. The Hall–Kier alpha value is -1.47. The minimum atomic E-state index is 0.765. The van der Waals surface area contributed by atoms with Crippen molar-refractivity contribution in [1.29, 1.82) is 0 Å². The number of hydrogen-bond acceptors (Lipinski definition) is 5. The van der Waals surface area contributed by atoms with Crippen LogP contribution in [0.5, 0.6) is 0 Å². The van der Waals surface area contributed by atoms with Crippen molar-refractivity contribution in [2.24, 2.45) is 4.99 Å². The van der Waals surface area contributed by atoms with E-state index in [4.69, 9.17) is 0 Å². The van der Waals surface area contributed by atoms with Gasteiger partial charge in [-0.15, -0.1) is 22.7 Å². The molecule has 0 aliphatic rings. The van der Waals surface area contributed by atoms with Gasteiger partial charge in [-0.1, -0.05) is 6.92 Å². The number of nitrogens with zero attached hydrogens (tertiary/aromatic N) is 4. The predicted molar refractivity (Wildman–Crippen MR) is 94.9 cm³/mol. The quantitative estimate of drug-likeness (QED) is 0.650. The Kier molecular flexibility index (Phi) is 6.33. The van der Waals surface area contributed by atoms with Crippen molar-refractivity contribution in [3.8, 4) is 0 Å². The van der Waals surface area contributed by atoms with Gasteiger partial charge in [-0.2, -0.15) is 0 Å². The van der Waals surface area contributed by atoms with E-state index in [1.807, 2.05) is 27.2 Å². The molecule has 2 aromatic heterocycles. The van der Waals surface area contributed by atoms with E-state index in [2.05, 4.69) is 37.5 Å². The van der Waals surface area contributed by atoms with E-state index >= 15 is 0 Å². The molecule has 0 aromatic carbocycles. The minimum absolute atomic E-state index is 0.765. The van der Waals surface area contributed by atoms with Gasteiger partial charge in [0.15, 0.2) is 5.96 Å². The van der Waals surface area contributed by atoms with Crippen LogP contribution in [-0.4, -0.2) is 41.5 Å². The Bertz CT molecular complexity index is 617. The smallest absolute Gasteiger partial charge is 0.193 e. The molecule has 0 fully saturated rings. The summed E-state index contributed by atoms with van der Waals surface area (Å²) in [5.74, 6) is 0.887. The highest BCUT2D eigenvalue weighted by Gasteiger charge is 2.09. The molecule has 0 spiro atoms. The molecule has 5 nitrogen and oxygen atoms in total. The lowest BCUT2D eigenvalue weighted by molar-refractivity contribution is 0.471. The molecule has 2 heterocycles. The van der Waals surface area contributed by atoms with Crippen LogP contribution in [-0.2, 0) is 19.4 Å². The van der Waals surface area contributed by atoms with Crippen LogP contribution in [0, 0.1) is 6.92 Å². The van der Waals surface area contributed by atoms with Gasteiger partial charge in [-0.3, -0.25) is 4.99 Å². The fourth-order valence-electron chi connectivity index (χ4n) is 2.09. The normalized spacial score (nSPS) is 11.7. The molecule has 0 saturated carbocycles. The number of rotatable bonds is 6. The standard InChI is InChI=1S/C15H23N5S2/c1-5-13-8-18-14(22-13)6-7-17-15(16-3)20(4)9-12-10-21-11(2)19-12/h8,10H,5-7,9H2,1-4H3,(H,16,17). The molecule has 120 valence electrons. The van der Waals surface area contributed by atoms with E-state index < -0.39 is 0 Å². The molecular formula is C15H23N5S2. The van der Waals surface area contributed by atoms with E-state index in [1.54, 1.807) is 22.7 Å². The molecule has 2 rings (SSSR count). The maximum atomic E-state index is 4.49. The molecule has 0 radical (unpaired) electrons. The van der Waals surface area contributed by atoms with E-state index in [0.717, 1.165) is 42.6 Å². The van der Waals surface area contributed by atoms with Crippen molar-refractivity contribution in [3.63, 3.8) is 0 Å². The first-order valence-electron chi connectivity index (χ1n) is 7.38. The van der Waals surface area contributed by atoms with Crippen molar-refractivity contribution in [2.45, 2.75) is 33.2 Å². The molecule has 2 aromatic rings. The van der Waals surface area contributed by atoms with Gasteiger partial charge in [-0.25, -0.2) is 9.97 Å². The number of aliphatic imine (C=N–C) groups is 1. The lowest BCUT2D eigenvalue weighted by Gasteiger charge is -2.21. The predicted octanol–water partition coefficient (Wildman–Crippen LogP) is 2.72. The summed E-state index contributed by atoms with van der Waals surface area (Å²) in [6.45, 7) is 5.79. The fraction of sp³-hybridized carbons (Fsp3) is 0.533. The van der Waals surface area contributed by atoms with Gasteiger partial charge in [0, 0.05) is 43.5 Å². The maximum absolute atomic E-state index is 4.49. The van der Waals surface area contributed by atoms with Crippen LogP contribution >= 0.6 is 22.7 Å². The summed E-state index contributed by atoms with van der Waals surface area (Å²) in [5.41, 5.74) is 1.08. The SMILES string of the molecule is CCc1cnc(CCNC(=NC)N(C)Cc2csc(C)n2)s1. The molecular weight excluding hydrogens is 314 g/mol. The third kappa shape index (κ3) is 4.78. The average Bonchev–Trinajstić information content (AvgIpc) is 3.12. The van der Waals surface area contributed by atoms with Crippen LogP contribution in [0.2, 0.25) is 0 Å². The number of guanidine groups is 1. The van der Waals surface area contributed by atoms with Crippen LogP contribution in [0.1, 0.15) is 27.5 Å². The number of aryl methyl sites for hydroxylation is 2. The number of hydrogen-bond donors (Lipinski definition) is 1. The Balaban J connectivity index is 1.81. The van der Waals surface area contributed by atoms with E-state index in [0.29, 0.717) is 0 Å². The highest BCUT2D eigenvalue weighted by molar-refractivity contribution is 7.11. The second kappa shape index (κ2) is 8.24. The molecule has 1 N–H and O–H groups in total. The van der Waals surface area contributed by atoms with Crippen LogP contribution in [0.4, 0.5) is 0 Å². The van der Waals surface area contributed by atoms with Crippen LogP contribution in [0.3, 0.4) is 0 Å². The number of aromatic nitrogens is 2. The zero-order chi connectivity index (χ0) is 15.9. The lowest BCUT2D eigenvalue weighted by Crippen LogP contribution is -2.39. The Morgan fingerprint density at radius 3 is 2.86 bits per heavy atom. The summed E-state index contributed by atoms with van der Waals surface area (Å²) in [5, 5.41) is 7.77. The second-order valence-corrected chi connectivity index (χ2v) is 7.27. The highest BCUT2D eigenvalue weighted by atomic mass is 32.1. The summed E-state index contributed by atoms with van der Waals surface area (Å²) < 4.78 is 0. The molecule has 0 saturated heterocycles. The first kappa shape index (κ1) is 16.9. The van der Waals surface area contributed by atoms with Gasteiger partial charge in [-0.05, 0) is 13.3 Å². The molecule has 22 heavy (non-hydrogen) atoms. The van der Waals surface area contributed by atoms with E-state index in [-0.39, 0.29) is 0 Å². The van der Waals surface area contributed by atoms with Crippen LogP contribution in [0.25, 0.3) is 0 Å². The fourth-order valence-corrected chi connectivity index (χ4v) is 3.56. The van der Waals surface area contributed by atoms with Crippen molar-refractivity contribution < 1.29 is 0 Å². The first-order valence-corrected chi connectivity index (χ1v) is 9.08. The first-order chi connectivity index (χ1) is 10.6. The molecule has 0 unspecified atom stereocenters. The molecule has 7 heteroatoms. The van der Waals surface area contributed by atoms with Crippen molar-refractivity contribution in [3.05, 3.63) is 32.2 Å². The Morgan fingerprint density at radius 2 is 2.27 bits per heavy atom. The van der Waals surface area contributed by atoms with Gasteiger partial charge in [0.1, 0.15) is 0 Å². The summed E-state index contributed by atoms with van der Waals surface area (Å²) in [7, 11) is 3.84. The van der Waals surface area contributed by atoms with Gasteiger partial charge in [0.05, 0.1) is 22.3 Å². The topological polar surface area (TPSA) is 53.4 Å². The number of thiazole rings is 2. The van der Waals surface area contributed by atoms with Crippen LogP contribution in [0.15, 0.2) is 16.6 Å². The van der Waals surface area contributed by atoms with Gasteiger partial charge in [0.25, 0.3) is 0 Å². The zero-order valence-corrected chi connectivity index (χ0v) is 15.2. The van der Waals surface area contributed by atoms with Crippen LogP contribution < -0.4 is 5.32 Å².